The third kappa shape index (κ3) is 3.60. The first-order valence-corrected chi connectivity index (χ1v) is 7.47. The number of aryl methyl sites for hydroxylation is 1. The first-order chi connectivity index (χ1) is 11.7. The average molecular weight is 323 g/mol. The van der Waals surface area contributed by atoms with Crippen molar-refractivity contribution >= 4 is 5.91 Å². The van der Waals surface area contributed by atoms with E-state index in [2.05, 4.69) is 15.5 Å². The number of rotatable bonds is 5. The third-order valence-corrected chi connectivity index (χ3v) is 3.47. The minimum atomic E-state index is -0.226. The van der Waals surface area contributed by atoms with Crippen LogP contribution in [0.15, 0.2) is 53.1 Å². The van der Waals surface area contributed by atoms with Crippen molar-refractivity contribution in [3.8, 4) is 17.2 Å². The molecule has 0 bridgehead atoms. The van der Waals surface area contributed by atoms with Gasteiger partial charge in [-0.3, -0.25) is 4.79 Å². The Hall–Kier alpha value is -3.15. The number of carbonyl (C=O) groups is 1. The molecule has 0 atom stereocenters. The fraction of sp³-hybridized carbons (Fsp3) is 0.167. The molecule has 24 heavy (non-hydrogen) atoms. The molecular weight excluding hydrogens is 306 g/mol. The highest BCUT2D eigenvalue weighted by atomic mass is 16.5. The van der Waals surface area contributed by atoms with E-state index < -0.39 is 0 Å². The lowest BCUT2D eigenvalue weighted by Crippen LogP contribution is -2.23. The van der Waals surface area contributed by atoms with Crippen LogP contribution in [0.3, 0.4) is 0 Å². The van der Waals surface area contributed by atoms with Crippen molar-refractivity contribution in [1.82, 2.24) is 15.5 Å². The van der Waals surface area contributed by atoms with Gasteiger partial charge in [0.15, 0.2) is 5.82 Å². The summed E-state index contributed by atoms with van der Waals surface area (Å²) in [6.45, 7) is 2.18. The molecule has 0 saturated heterocycles. The van der Waals surface area contributed by atoms with Gasteiger partial charge in [0.25, 0.3) is 11.8 Å². The third-order valence-electron chi connectivity index (χ3n) is 3.47. The van der Waals surface area contributed by atoms with E-state index in [0.29, 0.717) is 23.0 Å². The molecule has 1 heterocycles. The Bertz CT molecular complexity index is 858. The molecule has 0 radical (unpaired) electrons. The molecule has 1 N–H and O–H groups in total. The van der Waals surface area contributed by atoms with E-state index in [4.69, 9.17) is 9.26 Å². The average Bonchev–Trinajstić information content (AvgIpc) is 3.09. The van der Waals surface area contributed by atoms with Gasteiger partial charge in [0, 0.05) is 11.1 Å². The summed E-state index contributed by atoms with van der Waals surface area (Å²) in [5, 5.41) is 6.66. The number of carbonyl (C=O) groups excluding carboxylic acids is 1. The Balaban J connectivity index is 1.66. The Kier molecular flexibility index (Phi) is 4.56. The zero-order valence-corrected chi connectivity index (χ0v) is 13.4. The van der Waals surface area contributed by atoms with E-state index in [1.165, 1.54) is 0 Å². The van der Waals surface area contributed by atoms with Crippen LogP contribution in [-0.2, 0) is 6.54 Å². The summed E-state index contributed by atoms with van der Waals surface area (Å²) in [6.07, 6.45) is 0. The molecule has 0 fully saturated rings. The highest BCUT2D eigenvalue weighted by molar-refractivity contribution is 5.94. The number of amides is 1. The lowest BCUT2D eigenvalue weighted by molar-refractivity contribution is 0.0949. The molecule has 1 amide bonds. The minimum Gasteiger partial charge on any atom is -0.497 e. The van der Waals surface area contributed by atoms with Gasteiger partial charge in [-0.2, -0.15) is 4.98 Å². The summed E-state index contributed by atoms with van der Waals surface area (Å²) in [5.41, 5.74) is 2.48. The molecular formula is C18H17N3O3. The highest BCUT2D eigenvalue weighted by Crippen LogP contribution is 2.18. The van der Waals surface area contributed by atoms with Gasteiger partial charge in [0.1, 0.15) is 5.75 Å². The molecule has 6 nitrogen and oxygen atoms in total. The Morgan fingerprint density at radius 2 is 2.04 bits per heavy atom. The van der Waals surface area contributed by atoms with Crippen LogP contribution in [0.25, 0.3) is 11.5 Å². The summed E-state index contributed by atoms with van der Waals surface area (Å²) in [5.74, 6) is 1.26. The van der Waals surface area contributed by atoms with Gasteiger partial charge in [0.2, 0.25) is 0 Å². The zero-order chi connectivity index (χ0) is 16.9. The predicted molar refractivity (Wildman–Crippen MR) is 88.6 cm³/mol. The van der Waals surface area contributed by atoms with Crippen molar-refractivity contribution in [3.63, 3.8) is 0 Å². The lowest BCUT2D eigenvalue weighted by atomic mass is 10.1. The quantitative estimate of drug-likeness (QED) is 0.781. The largest absolute Gasteiger partial charge is 0.497 e. The molecule has 0 unspecified atom stereocenters. The Morgan fingerprint density at radius 1 is 1.21 bits per heavy atom. The van der Waals surface area contributed by atoms with Crippen molar-refractivity contribution in [2.75, 3.05) is 7.11 Å². The van der Waals surface area contributed by atoms with Crippen LogP contribution in [0.5, 0.6) is 5.75 Å². The number of nitrogens with one attached hydrogen (secondary N) is 1. The fourth-order valence-corrected chi connectivity index (χ4v) is 2.25. The molecule has 122 valence electrons. The summed E-state index contributed by atoms with van der Waals surface area (Å²) < 4.78 is 10.4. The van der Waals surface area contributed by atoms with E-state index in [1.807, 2.05) is 31.2 Å². The lowest BCUT2D eigenvalue weighted by Gasteiger charge is -2.04. The van der Waals surface area contributed by atoms with Crippen LogP contribution in [0, 0.1) is 6.92 Å². The van der Waals surface area contributed by atoms with E-state index in [0.717, 1.165) is 11.1 Å². The Morgan fingerprint density at radius 3 is 2.83 bits per heavy atom. The second kappa shape index (κ2) is 6.95. The van der Waals surface area contributed by atoms with E-state index in [-0.39, 0.29) is 12.5 Å². The molecule has 3 aromatic rings. The molecule has 0 saturated carbocycles. The molecule has 0 spiro atoms. The molecule has 3 rings (SSSR count). The SMILES string of the molecule is COc1cccc(C(=O)NCc2noc(-c3cccc(C)c3)n2)c1. The van der Waals surface area contributed by atoms with Crippen LogP contribution < -0.4 is 10.1 Å². The van der Waals surface area contributed by atoms with Crippen LogP contribution in [0.1, 0.15) is 21.7 Å². The zero-order valence-electron chi connectivity index (χ0n) is 13.4. The van der Waals surface area contributed by atoms with Crippen molar-refractivity contribution in [2.45, 2.75) is 13.5 Å². The second-order valence-electron chi connectivity index (χ2n) is 5.30. The molecule has 0 aliphatic carbocycles. The number of benzene rings is 2. The summed E-state index contributed by atoms with van der Waals surface area (Å²) in [7, 11) is 1.56. The maximum absolute atomic E-state index is 12.2. The molecule has 1 aromatic heterocycles. The van der Waals surface area contributed by atoms with Crippen molar-refractivity contribution < 1.29 is 14.1 Å². The van der Waals surface area contributed by atoms with Crippen molar-refractivity contribution in [2.24, 2.45) is 0 Å². The van der Waals surface area contributed by atoms with E-state index >= 15 is 0 Å². The summed E-state index contributed by atoms with van der Waals surface area (Å²) in [4.78, 5) is 16.5. The van der Waals surface area contributed by atoms with Crippen LogP contribution in [0.4, 0.5) is 0 Å². The maximum atomic E-state index is 12.2. The molecule has 6 heteroatoms. The van der Waals surface area contributed by atoms with Gasteiger partial charge in [-0.05, 0) is 37.3 Å². The number of aromatic nitrogens is 2. The second-order valence-corrected chi connectivity index (χ2v) is 5.30. The van der Waals surface area contributed by atoms with E-state index in [9.17, 15) is 4.79 Å². The van der Waals surface area contributed by atoms with Crippen LogP contribution in [-0.4, -0.2) is 23.2 Å². The van der Waals surface area contributed by atoms with Crippen molar-refractivity contribution in [1.29, 1.82) is 0 Å². The number of methoxy groups -OCH3 is 1. The topological polar surface area (TPSA) is 77.2 Å². The minimum absolute atomic E-state index is 0.186. The monoisotopic (exact) mass is 323 g/mol. The summed E-state index contributed by atoms with van der Waals surface area (Å²) >= 11 is 0. The van der Waals surface area contributed by atoms with Gasteiger partial charge in [0.05, 0.1) is 13.7 Å². The fourth-order valence-electron chi connectivity index (χ4n) is 2.25. The molecule has 0 aliphatic rings. The smallest absolute Gasteiger partial charge is 0.257 e. The normalized spacial score (nSPS) is 10.4. The Labute approximate surface area is 139 Å². The van der Waals surface area contributed by atoms with Gasteiger partial charge in [-0.15, -0.1) is 0 Å². The van der Waals surface area contributed by atoms with Gasteiger partial charge in [-0.1, -0.05) is 28.9 Å². The molecule has 2 aromatic carbocycles. The highest BCUT2D eigenvalue weighted by Gasteiger charge is 2.11. The van der Waals surface area contributed by atoms with Gasteiger partial charge >= 0.3 is 0 Å². The number of hydrogen-bond donors (Lipinski definition) is 1. The number of ether oxygens (including phenoxy) is 1. The van der Waals surface area contributed by atoms with Crippen LogP contribution >= 0.6 is 0 Å². The van der Waals surface area contributed by atoms with E-state index in [1.54, 1.807) is 31.4 Å². The standard InChI is InChI=1S/C18H17N3O3/c1-12-5-3-7-14(9-12)18-20-16(21-24-18)11-19-17(22)13-6-4-8-15(10-13)23-2/h3-10H,11H2,1-2H3,(H,19,22). The van der Waals surface area contributed by atoms with Gasteiger partial charge < -0.3 is 14.6 Å². The maximum Gasteiger partial charge on any atom is 0.257 e. The molecule has 0 aliphatic heterocycles. The first kappa shape index (κ1) is 15.7. The first-order valence-electron chi connectivity index (χ1n) is 7.47. The summed E-state index contributed by atoms with van der Waals surface area (Å²) in [6, 6.07) is 14.7. The number of hydrogen-bond acceptors (Lipinski definition) is 5. The van der Waals surface area contributed by atoms with Crippen LogP contribution in [0.2, 0.25) is 0 Å². The van der Waals surface area contributed by atoms with Crippen molar-refractivity contribution in [3.05, 3.63) is 65.5 Å². The number of nitrogens with zero attached hydrogens (tertiary/aromatic N) is 2. The predicted octanol–water partition coefficient (Wildman–Crippen LogP) is 2.98. The van der Waals surface area contributed by atoms with Gasteiger partial charge in [-0.25, -0.2) is 0 Å².